The van der Waals surface area contributed by atoms with Crippen molar-refractivity contribution in [2.75, 3.05) is 4.72 Å². The molecule has 0 saturated heterocycles. The van der Waals surface area contributed by atoms with Crippen LogP contribution in [0.2, 0.25) is 0 Å². The third kappa shape index (κ3) is 4.27. The molecule has 0 saturated carbocycles. The molecule has 1 aromatic heterocycles. The van der Waals surface area contributed by atoms with Crippen molar-refractivity contribution >= 4 is 52.2 Å². The summed E-state index contributed by atoms with van der Waals surface area (Å²) in [5, 5.41) is 5.79. The maximum atomic E-state index is 10.7. The first-order valence-corrected chi connectivity index (χ1v) is 4.19. The molecular weight excluding hydrogens is 209 g/mol. The summed E-state index contributed by atoms with van der Waals surface area (Å²) in [5.41, 5.74) is 0. The van der Waals surface area contributed by atoms with Crippen molar-refractivity contribution in [1.82, 2.24) is 10.2 Å². The molecule has 68 valence electrons. The van der Waals surface area contributed by atoms with Crippen molar-refractivity contribution in [3.05, 3.63) is 12.3 Å². The van der Waals surface area contributed by atoms with E-state index >= 15 is 0 Å². The van der Waals surface area contributed by atoms with E-state index in [9.17, 15) is 13.2 Å². The van der Waals surface area contributed by atoms with Crippen molar-refractivity contribution in [2.24, 2.45) is 0 Å². The number of nitrogens with zero attached hydrogens (tertiary/aromatic N) is 1. The Hall–Kier alpha value is -0.570. The fourth-order valence-electron chi connectivity index (χ4n) is 0.523. The molecule has 0 radical (unpaired) electrons. The molecule has 0 fully saturated rings. The zero-order chi connectivity index (χ0) is 9.03. The predicted octanol–water partition coefficient (Wildman–Crippen LogP) is -1.41. The predicted molar refractivity (Wildman–Crippen MR) is 45.4 cm³/mol. The Labute approximate surface area is 96.4 Å². The van der Waals surface area contributed by atoms with Gasteiger partial charge in [0.25, 0.3) is 0 Å². The number of rotatable bonds is 4. The molecule has 0 bridgehead atoms. The van der Waals surface area contributed by atoms with E-state index in [1.54, 1.807) is 0 Å². The van der Waals surface area contributed by atoms with Crippen LogP contribution >= 0.6 is 0 Å². The number of hydrogen-bond donors (Lipinski definition) is 2. The zero-order valence-electron chi connectivity index (χ0n) is 5.72. The summed E-state index contributed by atoms with van der Waals surface area (Å²) < 4.78 is 27.0. The summed E-state index contributed by atoms with van der Waals surface area (Å²) in [6.07, 6.45) is 1.35. The van der Waals surface area contributed by atoms with E-state index in [1.165, 1.54) is 12.3 Å². The summed E-state index contributed by atoms with van der Waals surface area (Å²) >= 11 is 0. The van der Waals surface area contributed by atoms with Crippen LogP contribution in [-0.2, 0) is 19.3 Å². The number of H-pyrrole nitrogens is 1. The van der Waals surface area contributed by atoms with E-state index in [0.717, 1.165) is 0 Å². The number of carbonyl (C=O) groups excluding carboxylic acids is 1. The molecule has 2 N–H and O–H groups in total. The number of aromatic nitrogens is 2. The van der Waals surface area contributed by atoms with Crippen LogP contribution in [-0.4, -0.2) is 54.6 Å². The van der Waals surface area contributed by atoms with Gasteiger partial charge in [0.15, 0.2) is 0 Å². The van der Waals surface area contributed by atoms with Crippen LogP contribution < -0.4 is 4.72 Å². The quantitative estimate of drug-likeness (QED) is 0.474. The maximum absolute atomic E-state index is 10.7. The van der Waals surface area contributed by atoms with Crippen LogP contribution in [0.25, 0.3) is 0 Å². The van der Waals surface area contributed by atoms with Gasteiger partial charge in [0, 0.05) is 6.07 Å². The zero-order valence-corrected chi connectivity index (χ0v) is 6.54. The van der Waals surface area contributed by atoms with Crippen molar-refractivity contribution in [3.63, 3.8) is 0 Å². The van der Waals surface area contributed by atoms with E-state index in [0.29, 0.717) is 0 Å². The van der Waals surface area contributed by atoms with Crippen molar-refractivity contribution in [2.45, 2.75) is 0 Å². The molecule has 0 aliphatic rings. The first kappa shape index (κ1) is 12.4. The van der Waals surface area contributed by atoms with Gasteiger partial charge in [-0.2, -0.15) is 13.5 Å². The van der Waals surface area contributed by atoms with Crippen LogP contribution in [0.15, 0.2) is 12.3 Å². The molecule has 0 aliphatic carbocycles. The second-order valence-electron chi connectivity index (χ2n) is 1.72. The summed E-state index contributed by atoms with van der Waals surface area (Å²) in [4.78, 5) is 9.68. The summed E-state index contributed by atoms with van der Waals surface area (Å²) in [6, 6.07) is 1.37. The van der Waals surface area contributed by atoms with Gasteiger partial charge >= 0.3 is 46.3 Å². The average Bonchev–Trinajstić information content (AvgIpc) is 2.38. The third-order valence-corrected chi connectivity index (χ3v) is 1.70. The minimum absolute atomic E-state index is 0. The monoisotopic (exact) mass is 215 g/mol. The van der Waals surface area contributed by atoms with Gasteiger partial charge in [0.05, 0.1) is 6.20 Å². The van der Waals surface area contributed by atoms with Crippen LogP contribution in [0.3, 0.4) is 0 Å². The minimum atomic E-state index is -4.04. The second kappa shape index (κ2) is 5.22. The molecule has 0 aromatic carbocycles. The molecule has 13 heavy (non-hydrogen) atoms. The van der Waals surface area contributed by atoms with Crippen LogP contribution in [0.5, 0.6) is 0 Å². The van der Waals surface area contributed by atoms with Crippen LogP contribution in [0.4, 0.5) is 5.82 Å². The topological polar surface area (TPSA) is 101 Å². The molecule has 0 amide bonds. The first-order valence-electron chi connectivity index (χ1n) is 2.78. The Balaban J connectivity index is 0.00000144. The Morgan fingerprint density at radius 3 is 2.77 bits per heavy atom. The summed E-state index contributed by atoms with van der Waals surface area (Å²) in [5.74, 6) is 0.122. The Bertz CT molecular complexity index is 347. The van der Waals surface area contributed by atoms with E-state index in [1.807, 2.05) is 4.72 Å². The molecule has 9 heteroatoms. The van der Waals surface area contributed by atoms with Gasteiger partial charge in [-0.3, -0.25) is 9.89 Å². The molecule has 7 nitrogen and oxygen atoms in total. The Kier molecular flexibility index (Phi) is 4.99. The van der Waals surface area contributed by atoms with Gasteiger partial charge in [-0.15, -0.1) is 0 Å². The number of nitrogens with one attached hydrogen (secondary N) is 2. The third-order valence-electron chi connectivity index (χ3n) is 0.902. The van der Waals surface area contributed by atoms with Crippen molar-refractivity contribution < 1.29 is 17.4 Å². The molecule has 0 aliphatic heterocycles. The standard InChI is InChI=1S/C4H5N3O4S.Na.H/c8-3-11-12(9,10)7-4-1-2-5-6-4;;/h1-3H,(H2,5,6,7);;. The number of anilines is 1. The van der Waals surface area contributed by atoms with Gasteiger partial charge < -0.3 is 4.18 Å². The summed E-state index contributed by atoms with van der Waals surface area (Å²) in [6.45, 7) is -0.182. The van der Waals surface area contributed by atoms with E-state index < -0.39 is 10.3 Å². The number of aromatic amines is 1. The van der Waals surface area contributed by atoms with Crippen molar-refractivity contribution in [1.29, 1.82) is 0 Å². The molecule has 0 spiro atoms. The second-order valence-corrected chi connectivity index (χ2v) is 3.02. The molecule has 0 atom stereocenters. The Morgan fingerprint density at radius 2 is 2.31 bits per heavy atom. The molecular formula is C4H6N3NaO4S. The SMILES string of the molecule is O=COS(=O)(=O)Nc1ccn[nH]1.[NaH]. The fraction of sp³-hybridized carbons (Fsp3) is 0. The Morgan fingerprint density at radius 1 is 1.62 bits per heavy atom. The van der Waals surface area contributed by atoms with E-state index in [4.69, 9.17) is 0 Å². The summed E-state index contributed by atoms with van der Waals surface area (Å²) in [7, 11) is -4.04. The molecule has 1 heterocycles. The van der Waals surface area contributed by atoms with Crippen LogP contribution in [0, 0.1) is 0 Å². The van der Waals surface area contributed by atoms with Gasteiger partial charge in [-0.1, -0.05) is 0 Å². The van der Waals surface area contributed by atoms with E-state index in [-0.39, 0.29) is 41.8 Å². The normalized spacial score (nSPS) is 9.85. The molecule has 0 unspecified atom stereocenters. The van der Waals surface area contributed by atoms with Gasteiger partial charge in [0.2, 0.25) is 0 Å². The van der Waals surface area contributed by atoms with Crippen LogP contribution in [0.1, 0.15) is 0 Å². The van der Waals surface area contributed by atoms with Crippen molar-refractivity contribution in [3.8, 4) is 0 Å². The number of carbonyl (C=O) groups is 1. The van der Waals surface area contributed by atoms with E-state index in [2.05, 4.69) is 14.4 Å². The molecule has 1 aromatic rings. The first-order chi connectivity index (χ1) is 5.64. The van der Waals surface area contributed by atoms with Gasteiger partial charge in [-0.05, 0) is 0 Å². The van der Waals surface area contributed by atoms with Gasteiger partial charge in [0.1, 0.15) is 5.82 Å². The fourth-order valence-corrected chi connectivity index (χ4v) is 1.06. The van der Waals surface area contributed by atoms with Gasteiger partial charge in [-0.25, -0.2) is 4.72 Å². The molecule has 1 rings (SSSR count). The number of hydrogen-bond acceptors (Lipinski definition) is 5. The average molecular weight is 215 g/mol.